The predicted octanol–water partition coefficient (Wildman–Crippen LogP) is 2.59. The fourth-order valence-corrected chi connectivity index (χ4v) is 3.10. The zero-order valence-electron chi connectivity index (χ0n) is 12.8. The van der Waals surface area contributed by atoms with Crippen molar-refractivity contribution < 1.29 is 4.74 Å². The second kappa shape index (κ2) is 5.93. The lowest BCUT2D eigenvalue weighted by molar-refractivity contribution is 0.185. The third-order valence-corrected chi connectivity index (χ3v) is 4.42. The van der Waals surface area contributed by atoms with Gasteiger partial charge >= 0.3 is 0 Å². The largest absolute Gasteiger partial charge is 0.496 e. The molecule has 3 heteroatoms. The average Bonchev–Trinajstić information content (AvgIpc) is 2.43. The molecule has 1 N–H and O–H groups in total. The highest BCUT2D eigenvalue weighted by Crippen LogP contribution is 2.33. The Labute approximate surface area is 116 Å². The fourth-order valence-electron chi connectivity index (χ4n) is 3.10. The van der Waals surface area contributed by atoms with Gasteiger partial charge in [0.2, 0.25) is 0 Å². The van der Waals surface area contributed by atoms with Crippen LogP contribution in [0.1, 0.15) is 35.2 Å². The van der Waals surface area contributed by atoms with Crippen LogP contribution in [-0.2, 0) is 0 Å². The summed E-state index contributed by atoms with van der Waals surface area (Å²) in [6, 6.07) is 2.78. The molecule has 1 saturated heterocycles. The van der Waals surface area contributed by atoms with E-state index in [1.165, 1.54) is 22.3 Å². The number of nitrogens with one attached hydrogen (secondary N) is 1. The van der Waals surface area contributed by atoms with E-state index in [-0.39, 0.29) is 0 Å². The number of aryl methyl sites for hydroxylation is 1. The highest BCUT2D eigenvalue weighted by Gasteiger charge is 2.21. The van der Waals surface area contributed by atoms with E-state index in [0.717, 1.165) is 31.9 Å². The van der Waals surface area contributed by atoms with Gasteiger partial charge in [-0.15, -0.1) is 0 Å². The number of hydrogen-bond donors (Lipinski definition) is 1. The van der Waals surface area contributed by atoms with Gasteiger partial charge in [0.1, 0.15) is 5.75 Å². The summed E-state index contributed by atoms with van der Waals surface area (Å²) in [5.41, 5.74) is 5.33. The molecular weight excluding hydrogens is 236 g/mol. The van der Waals surface area contributed by atoms with Gasteiger partial charge in [0.05, 0.1) is 7.11 Å². The van der Waals surface area contributed by atoms with E-state index < -0.39 is 0 Å². The topological polar surface area (TPSA) is 24.5 Å². The first kappa shape index (κ1) is 14.4. The third kappa shape index (κ3) is 2.77. The zero-order valence-corrected chi connectivity index (χ0v) is 12.8. The van der Waals surface area contributed by atoms with Crippen molar-refractivity contribution in [3.8, 4) is 5.75 Å². The van der Waals surface area contributed by atoms with Gasteiger partial charge in [0.25, 0.3) is 0 Å². The van der Waals surface area contributed by atoms with Gasteiger partial charge in [-0.25, -0.2) is 0 Å². The molecule has 1 atom stereocenters. The molecule has 0 amide bonds. The first-order valence-corrected chi connectivity index (χ1v) is 7.15. The number of piperazine rings is 1. The molecule has 0 saturated carbocycles. The Morgan fingerprint density at radius 1 is 1.16 bits per heavy atom. The van der Waals surface area contributed by atoms with Gasteiger partial charge in [-0.2, -0.15) is 0 Å². The van der Waals surface area contributed by atoms with E-state index in [1.807, 2.05) is 0 Å². The van der Waals surface area contributed by atoms with Crippen LogP contribution in [0.2, 0.25) is 0 Å². The summed E-state index contributed by atoms with van der Waals surface area (Å²) < 4.78 is 5.51. The van der Waals surface area contributed by atoms with Crippen LogP contribution in [0.3, 0.4) is 0 Å². The molecular formula is C16H26N2O. The van der Waals surface area contributed by atoms with Crippen molar-refractivity contribution >= 4 is 0 Å². The monoisotopic (exact) mass is 262 g/mol. The standard InChI is InChI=1S/C16H26N2O/c1-11-10-15(12(2)13(3)16(11)19-5)14(4)18-8-6-17-7-9-18/h10,14,17H,6-9H2,1-5H3. The minimum atomic E-state index is 0.477. The first-order valence-electron chi connectivity index (χ1n) is 7.15. The van der Waals surface area contributed by atoms with E-state index in [0.29, 0.717) is 6.04 Å². The lowest BCUT2D eigenvalue weighted by atomic mass is 9.93. The Morgan fingerprint density at radius 3 is 2.37 bits per heavy atom. The molecule has 19 heavy (non-hydrogen) atoms. The Bertz CT molecular complexity index is 451. The van der Waals surface area contributed by atoms with Gasteiger partial charge in [-0.05, 0) is 49.9 Å². The number of ether oxygens (including phenoxy) is 1. The van der Waals surface area contributed by atoms with Gasteiger partial charge in [-0.1, -0.05) is 6.07 Å². The van der Waals surface area contributed by atoms with Crippen molar-refractivity contribution in [3.05, 3.63) is 28.3 Å². The van der Waals surface area contributed by atoms with Crippen LogP contribution < -0.4 is 10.1 Å². The van der Waals surface area contributed by atoms with Crippen molar-refractivity contribution in [2.45, 2.75) is 33.7 Å². The minimum Gasteiger partial charge on any atom is -0.496 e. The van der Waals surface area contributed by atoms with Crippen LogP contribution in [0.5, 0.6) is 5.75 Å². The summed E-state index contributed by atoms with van der Waals surface area (Å²) in [6.45, 7) is 13.3. The maximum atomic E-state index is 5.51. The quantitative estimate of drug-likeness (QED) is 0.906. The molecule has 0 radical (unpaired) electrons. The highest BCUT2D eigenvalue weighted by molar-refractivity contribution is 5.49. The second-order valence-corrected chi connectivity index (χ2v) is 5.53. The fraction of sp³-hybridized carbons (Fsp3) is 0.625. The van der Waals surface area contributed by atoms with E-state index in [4.69, 9.17) is 4.74 Å². The van der Waals surface area contributed by atoms with E-state index >= 15 is 0 Å². The number of rotatable bonds is 3. The lowest BCUT2D eigenvalue weighted by Gasteiger charge is -2.34. The number of benzene rings is 1. The maximum Gasteiger partial charge on any atom is 0.124 e. The number of hydrogen-bond acceptors (Lipinski definition) is 3. The predicted molar refractivity (Wildman–Crippen MR) is 80.1 cm³/mol. The number of methoxy groups -OCH3 is 1. The molecule has 3 nitrogen and oxygen atoms in total. The van der Waals surface area contributed by atoms with Crippen LogP contribution in [0.15, 0.2) is 6.07 Å². The molecule has 0 aromatic heterocycles. The molecule has 1 fully saturated rings. The molecule has 1 aromatic rings. The summed E-state index contributed by atoms with van der Waals surface area (Å²) in [7, 11) is 1.76. The summed E-state index contributed by atoms with van der Waals surface area (Å²) in [5, 5.41) is 3.42. The van der Waals surface area contributed by atoms with Crippen LogP contribution in [-0.4, -0.2) is 38.2 Å². The van der Waals surface area contributed by atoms with Crippen LogP contribution in [0.25, 0.3) is 0 Å². The highest BCUT2D eigenvalue weighted by atomic mass is 16.5. The Morgan fingerprint density at radius 2 is 1.79 bits per heavy atom. The summed E-state index contributed by atoms with van der Waals surface area (Å²) in [6.07, 6.45) is 0. The Balaban J connectivity index is 2.33. The zero-order chi connectivity index (χ0) is 14.0. The maximum absolute atomic E-state index is 5.51. The van der Waals surface area contributed by atoms with E-state index in [2.05, 4.69) is 44.0 Å². The van der Waals surface area contributed by atoms with Crippen LogP contribution >= 0.6 is 0 Å². The molecule has 1 aromatic carbocycles. The molecule has 1 heterocycles. The molecule has 106 valence electrons. The summed E-state index contributed by atoms with van der Waals surface area (Å²) in [5.74, 6) is 1.04. The van der Waals surface area contributed by atoms with Gasteiger partial charge in [-0.3, -0.25) is 4.90 Å². The molecule has 0 aliphatic carbocycles. The molecule has 0 bridgehead atoms. The van der Waals surface area contributed by atoms with Crippen molar-refractivity contribution in [2.75, 3.05) is 33.3 Å². The van der Waals surface area contributed by atoms with Crippen molar-refractivity contribution in [2.24, 2.45) is 0 Å². The normalized spacial score (nSPS) is 18.4. The Hall–Kier alpha value is -1.06. The van der Waals surface area contributed by atoms with Crippen molar-refractivity contribution in [1.29, 1.82) is 0 Å². The minimum absolute atomic E-state index is 0.477. The summed E-state index contributed by atoms with van der Waals surface area (Å²) in [4.78, 5) is 2.56. The third-order valence-electron chi connectivity index (χ3n) is 4.42. The van der Waals surface area contributed by atoms with Crippen LogP contribution in [0, 0.1) is 20.8 Å². The second-order valence-electron chi connectivity index (χ2n) is 5.53. The SMILES string of the molecule is COc1c(C)cc(C(C)N2CCNCC2)c(C)c1C. The molecule has 1 unspecified atom stereocenters. The first-order chi connectivity index (χ1) is 9.06. The van der Waals surface area contributed by atoms with Gasteiger partial charge < -0.3 is 10.1 Å². The lowest BCUT2D eigenvalue weighted by Crippen LogP contribution is -2.44. The molecule has 1 aliphatic heterocycles. The summed E-state index contributed by atoms with van der Waals surface area (Å²) >= 11 is 0. The van der Waals surface area contributed by atoms with Crippen molar-refractivity contribution in [1.82, 2.24) is 10.2 Å². The molecule has 1 aliphatic rings. The van der Waals surface area contributed by atoms with E-state index in [9.17, 15) is 0 Å². The number of nitrogens with zero attached hydrogens (tertiary/aromatic N) is 1. The van der Waals surface area contributed by atoms with E-state index in [1.54, 1.807) is 7.11 Å². The van der Waals surface area contributed by atoms with Gasteiger partial charge in [0, 0.05) is 32.2 Å². The molecule has 0 spiro atoms. The Kier molecular flexibility index (Phi) is 4.48. The smallest absolute Gasteiger partial charge is 0.124 e. The van der Waals surface area contributed by atoms with Gasteiger partial charge in [0.15, 0.2) is 0 Å². The van der Waals surface area contributed by atoms with Crippen LogP contribution in [0.4, 0.5) is 0 Å². The molecule has 2 rings (SSSR count). The average molecular weight is 262 g/mol. The van der Waals surface area contributed by atoms with Crippen molar-refractivity contribution in [3.63, 3.8) is 0 Å².